The van der Waals surface area contributed by atoms with Crippen molar-refractivity contribution in [3.63, 3.8) is 0 Å². The lowest BCUT2D eigenvalue weighted by Crippen LogP contribution is -2.51. The molecule has 5 nitrogen and oxygen atoms in total. The van der Waals surface area contributed by atoms with Gasteiger partial charge in [-0.25, -0.2) is 4.79 Å². The Labute approximate surface area is 116 Å². The Bertz CT molecular complexity index is 289. The minimum atomic E-state index is -0.433. The van der Waals surface area contributed by atoms with E-state index in [0.717, 1.165) is 25.9 Å². The molecule has 1 aliphatic rings. The average molecular weight is 271 g/mol. The van der Waals surface area contributed by atoms with Crippen molar-refractivity contribution in [2.45, 2.75) is 64.6 Å². The fourth-order valence-electron chi connectivity index (χ4n) is 2.19. The number of nitrogens with zero attached hydrogens (tertiary/aromatic N) is 1. The molecule has 1 heterocycles. The summed E-state index contributed by atoms with van der Waals surface area (Å²) in [6.07, 6.45) is 3.06. The van der Waals surface area contributed by atoms with Gasteiger partial charge >= 0.3 is 6.09 Å². The lowest BCUT2D eigenvalue weighted by Gasteiger charge is -2.37. The molecule has 0 radical (unpaired) electrons. The van der Waals surface area contributed by atoms with E-state index in [-0.39, 0.29) is 18.2 Å². The largest absolute Gasteiger partial charge is 0.444 e. The van der Waals surface area contributed by atoms with Crippen molar-refractivity contribution in [2.24, 2.45) is 5.73 Å². The number of carbonyl (C=O) groups is 1. The average Bonchev–Trinajstić information content (AvgIpc) is 2.34. The monoisotopic (exact) mass is 271 g/mol. The van der Waals surface area contributed by atoms with Crippen LogP contribution in [0.2, 0.25) is 0 Å². The van der Waals surface area contributed by atoms with Crippen LogP contribution >= 0.6 is 0 Å². The van der Waals surface area contributed by atoms with E-state index in [1.807, 2.05) is 25.7 Å². The summed E-state index contributed by atoms with van der Waals surface area (Å²) in [6.45, 7) is 9.95. The van der Waals surface area contributed by atoms with Crippen LogP contribution < -0.4 is 11.1 Å². The number of hydrogen-bond acceptors (Lipinski definition) is 4. The van der Waals surface area contributed by atoms with Gasteiger partial charge in [0.25, 0.3) is 0 Å². The van der Waals surface area contributed by atoms with Crippen LogP contribution in [-0.4, -0.2) is 48.3 Å². The molecule has 0 bridgehead atoms. The molecule has 1 amide bonds. The molecule has 1 fully saturated rings. The zero-order valence-electron chi connectivity index (χ0n) is 12.7. The first-order valence-electron chi connectivity index (χ1n) is 7.26. The highest BCUT2D eigenvalue weighted by molar-refractivity contribution is 5.68. The van der Waals surface area contributed by atoms with Gasteiger partial charge in [-0.3, -0.25) is 0 Å². The molecule has 112 valence electrons. The number of hydrogen-bond donors (Lipinski definition) is 2. The Kier molecular flexibility index (Phi) is 6.07. The predicted octanol–water partition coefficient (Wildman–Crippen LogP) is 1.71. The molecule has 0 aliphatic carbocycles. The summed E-state index contributed by atoms with van der Waals surface area (Å²) in [7, 11) is 0. The molecule has 0 aromatic carbocycles. The van der Waals surface area contributed by atoms with E-state index in [9.17, 15) is 4.79 Å². The molecule has 1 aliphatic heterocycles. The molecule has 3 N–H and O–H groups in total. The van der Waals surface area contributed by atoms with E-state index in [0.29, 0.717) is 6.54 Å². The summed E-state index contributed by atoms with van der Waals surface area (Å²) >= 11 is 0. The van der Waals surface area contributed by atoms with Gasteiger partial charge in [0.15, 0.2) is 0 Å². The van der Waals surface area contributed by atoms with E-state index in [1.54, 1.807) is 0 Å². The van der Waals surface area contributed by atoms with Crippen molar-refractivity contribution in [2.75, 3.05) is 19.6 Å². The maximum absolute atomic E-state index is 12.2. The molecule has 1 rings (SSSR count). The summed E-state index contributed by atoms with van der Waals surface area (Å²) in [5.41, 5.74) is 5.16. The quantitative estimate of drug-likeness (QED) is 0.817. The number of nitrogens with two attached hydrogens (primary N) is 1. The molecule has 0 spiro atoms. The minimum Gasteiger partial charge on any atom is -0.444 e. The second kappa shape index (κ2) is 7.10. The summed E-state index contributed by atoms with van der Waals surface area (Å²) in [4.78, 5) is 14.1. The molecular formula is C14H29N3O2. The van der Waals surface area contributed by atoms with Crippen molar-refractivity contribution >= 4 is 6.09 Å². The van der Waals surface area contributed by atoms with Gasteiger partial charge in [-0.2, -0.15) is 0 Å². The normalized spacial score (nSPS) is 22.2. The Hall–Kier alpha value is -0.810. The van der Waals surface area contributed by atoms with Crippen LogP contribution in [-0.2, 0) is 4.74 Å². The second-order valence-corrected chi connectivity index (χ2v) is 6.37. The van der Waals surface area contributed by atoms with Gasteiger partial charge in [-0.1, -0.05) is 0 Å². The summed E-state index contributed by atoms with van der Waals surface area (Å²) < 4.78 is 5.48. The molecular weight excluding hydrogens is 242 g/mol. The second-order valence-electron chi connectivity index (χ2n) is 6.37. The summed E-state index contributed by atoms with van der Waals surface area (Å²) in [5.74, 6) is 0. The topological polar surface area (TPSA) is 67.6 Å². The van der Waals surface area contributed by atoms with Crippen molar-refractivity contribution in [3.05, 3.63) is 0 Å². The smallest absolute Gasteiger partial charge is 0.410 e. The van der Waals surface area contributed by atoms with Crippen molar-refractivity contribution in [1.29, 1.82) is 0 Å². The Morgan fingerprint density at radius 1 is 1.47 bits per heavy atom. The Morgan fingerprint density at radius 3 is 2.74 bits per heavy atom. The molecule has 1 saturated heterocycles. The van der Waals surface area contributed by atoms with Gasteiger partial charge in [0, 0.05) is 31.7 Å². The third-order valence-electron chi connectivity index (χ3n) is 3.31. The highest BCUT2D eigenvalue weighted by Crippen LogP contribution is 2.20. The van der Waals surface area contributed by atoms with Gasteiger partial charge < -0.3 is 20.7 Å². The first-order valence-corrected chi connectivity index (χ1v) is 7.26. The maximum Gasteiger partial charge on any atom is 0.410 e. The summed E-state index contributed by atoms with van der Waals surface area (Å²) in [5, 5.41) is 3.38. The fraction of sp³-hybridized carbons (Fsp3) is 0.929. The highest BCUT2D eigenvalue weighted by Gasteiger charge is 2.30. The van der Waals surface area contributed by atoms with E-state index in [4.69, 9.17) is 10.5 Å². The molecule has 2 atom stereocenters. The van der Waals surface area contributed by atoms with Crippen molar-refractivity contribution < 1.29 is 9.53 Å². The van der Waals surface area contributed by atoms with E-state index in [1.165, 1.54) is 6.42 Å². The van der Waals surface area contributed by atoms with Crippen LogP contribution in [0.3, 0.4) is 0 Å². The van der Waals surface area contributed by atoms with Gasteiger partial charge in [0.1, 0.15) is 5.60 Å². The van der Waals surface area contributed by atoms with Crippen LogP contribution in [0.25, 0.3) is 0 Å². The van der Waals surface area contributed by atoms with Crippen LogP contribution in [0.4, 0.5) is 4.79 Å². The van der Waals surface area contributed by atoms with Gasteiger partial charge in [-0.05, 0) is 47.0 Å². The van der Waals surface area contributed by atoms with Crippen LogP contribution in [0.5, 0.6) is 0 Å². The third kappa shape index (κ3) is 5.78. The van der Waals surface area contributed by atoms with Gasteiger partial charge in [0.05, 0.1) is 0 Å². The predicted molar refractivity (Wildman–Crippen MR) is 77.1 cm³/mol. The molecule has 0 aromatic rings. The zero-order valence-corrected chi connectivity index (χ0v) is 12.7. The van der Waals surface area contributed by atoms with Crippen LogP contribution in [0, 0.1) is 0 Å². The van der Waals surface area contributed by atoms with Crippen molar-refractivity contribution in [1.82, 2.24) is 10.2 Å². The van der Waals surface area contributed by atoms with E-state index < -0.39 is 5.60 Å². The number of likely N-dealkylation sites (tertiary alicyclic amines) is 1. The number of carbonyl (C=O) groups excluding carboxylic acids is 1. The first-order chi connectivity index (χ1) is 8.83. The Morgan fingerprint density at radius 2 is 2.16 bits per heavy atom. The van der Waals surface area contributed by atoms with Crippen molar-refractivity contribution in [3.8, 4) is 0 Å². The molecule has 5 heteroatoms. The molecule has 0 saturated carbocycles. The number of amides is 1. The van der Waals surface area contributed by atoms with E-state index in [2.05, 4.69) is 12.2 Å². The highest BCUT2D eigenvalue weighted by atomic mass is 16.6. The van der Waals surface area contributed by atoms with E-state index >= 15 is 0 Å². The first kappa shape index (κ1) is 16.2. The van der Waals surface area contributed by atoms with Crippen LogP contribution in [0.1, 0.15) is 47.0 Å². The lowest BCUT2D eigenvalue weighted by atomic mass is 10.0. The summed E-state index contributed by atoms with van der Waals surface area (Å²) in [6, 6.07) is 0.500. The van der Waals surface area contributed by atoms with Crippen LogP contribution in [0.15, 0.2) is 0 Å². The molecule has 0 aromatic heterocycles. The Balaban J connectivity index is 2.54. The zero-order chi connectivity index (χ0) is 14.5. The number of piperidine rings is 1. The minimum absolute atomic E-state index is 0.195. The number of rotatable bonds is 4. The molecule has 19 heavy (non-hydrogen) atoms. The third-order valence-corrected chi connectivity index (χ3v) is 3.31. The van der Waals surface area contributed by atoms with Gasteiger partial charge in [0.2, 0.25) is 0 Å². The fourth-order valence-corrected chi connectivity index (χ4v) is 2.19. The maximum atomic E-state index is 12.2. The SMILES string of the molecule is CC(CN)NCC1CCCCN1C(=O)OC(C)(C)C. The standard InChI is InChI=1S/C14H29N3O2/c1-11(9-15)16-10-12-7-5-6-8-17(12)13(18)19-14(2,3)4/h11-12,16H,5-10,15H2,1-4H3. The lowest BCUT2D eigenvalue weighted by molar-refractivity contribution is 0.00973. The molecule has 2 unspecified atom stereocenters. The number of ether oxygens (including phenoxy) is 1. The van der Waals surface area contributed by atoms with Gasteiger partial charge in [-0.15, -0.1) is 0 Å². The number of nitrogens with one attached hydrogen (secondary N) is 1.